The van der Waals surface area contributed by atoms with E-state index in [1.54, 1.807) is 0 Å². The number of ether oxygens (including phenoxy) is 1. The van der Waals surface area contributed by atoms with Gasteiger partial charge < -0.3 is 10.5 Å². The second-order valence-corrected chi connectivity index (χ2v) is 4.15. The van der Waals surface area contributed by atoms with Crippen LogP contribution in [0.5, 0.6) is 0 Å². The number of carbonyl (C=O) groups is 1. The highest BCUT2D eigenvalue weighted by Crippen LogP contribution is 2.07. The first-order valence-corrected chi connectivity index (χ1v) is 4.71. The van der Waals surface area contributed by atoms with Crippen LogP contribution < -0.4 is 5.73 Å². The number of hydrogen-bond donors (Lipinski definition) is 1. The predicted octanol–water partition coefficient (Wildman–Crippen LogP) is 0.0785. The second kappa shape index (κ2) is 4.39. The van der Waals surface area contributed by atoms with Crippen LogP contribution in [0.25, 0.3) is 0 Å². The molecule has 1 heterocycles. The summed E-state index contributed by atoms with van der Waals surface area (Å²) in [4.78, 5) is 15.3. The molecule has 0 aliphatic heterocycles. The summed E-state index contributed by atoms with van der Waals surface area (Å²) < 4.78 is 6.54. The molecule has 1 aromatic heterocycles. The van der Waals surface area contributed by atoms with E-state index in [1.165, 1.54) is 11.0 Å². The van der Waals surface area contributed by atoms with E-state index in [-0.39, 0.29) is 19.1 Å². The van der Waals surface area contributed by atoms with Gasteiger partial charge in [0.25, 0.3) is 0 Å². The first-order chi connectivity index (χ1) is 6.90. The molecule has 0 saturated carbocycles. The number of carbonyl (C=O) groups excluding carboxylic acids is 1. The molecule has 0 unspecified atom stereocenters. The summed E-state index contributed by atoms with van der Waals surface area (Å²) in [6.45, 7) is 5.78. The molecule has 6 heteroatoms. The van der Waals surface area contributed by atoms with Gasteiger partial charge in [-0.3, -0.25) is 4.79 Å². The van der Waals surface area contributed by atoms with E-state index in [0.29, 0.717) is 5.82 Å². The second-order valence-electron chi connectivity index (χ2n) is 4.15. The summed E-state index contributed by atoms with van der Waals surface area (Å²) in [7, 11) is 0. The van der Waals surface area contributed by atoms with Crippen LogP contribution in [0.2, 0.25) is 0 Å². The molecule has 0 amide bonds. The summed E-state index contributed by atoms with van der Waals surface area (Å²) in [5.74, 6) is 0.175. The molecule has 0 aliphatic rings. The molecule has 1 rings (SSSR count). The van der Waals surface area contributed by atoms with Gasteiger partial charge in [-0.15, -0.1) is 0 Å². The van der Waals surface area contributed by atoms with Crippen LogP contribution in [-0.4, -0.2) is 26.3 Å². The van der Waals surface area contributed by atoms with Crippen molar-refractivity contribution >= 4 is 5.97 Å². The van der Waals surface area contributed by atoms with Crippen molar-refractivity contribution < 1.29 is 9.53 Å². The van der Waals surface area contributed by atoms with Gasteiger partial charge in [-0.1, -0.05) is 0 Å². The summed E-state index contributed by atoms with van der Waals surface area (Å²) in [5.41, 5.74) is 4.86. The summed E-state index contributed by atoms with van der Waals surface area (Å²) in [6, 6.07) is 0. The van der Waals surface area contributed by atoms with E-state index >= 15 is 0 Å². The standard InChI is InChI=1S/C9H16N4O2/c1-9(2,3)15-8(14)5-13-6-11-7(4-10)12-13/h6H,4-5,10H2,1-3H3. The lowest BCUT2D eigenvalue weighted by molar-refractivity contribution is -0.155. The number of nitrogens with zero attached hydrogens (tertiary/aromatic N) is 3. The minimum Gasteiger partial charge on any atom is -0.459 e. The quantitative estimate of drug-likeness (QED) is 0.717. The molecule has 6 nitrogen and oxygen atoms in total. The zero-order chi connectivity index (χ0) is 11.5. The average molecular weight is 212 g/mol. The zero-order valence-corrected chi connectivity index (χ0v) is 9.23. The molecular weight excluding hydrogens is 196 g/mol. The van der Waals surface area contributed by atoms with Crippen molar-refractivity contribution in [3.8, 4) is 0 Å². The van der Waals surface area contributed by atoms with E-state index in [9.17, 15) is 4.79 Å². The minimum atomic E-state index is -0.478. The molecule has 2 N–H and O–H groups in total. The number of aromatic nitrogens is 3. The molecular formula is C9H16N4O2. The van der Waals surface area contributed by atoms with Crippen LogP contribution in [0, 0.1) is 0 Å². The Hall–Kier alpha value is -1.43. The largest absolute Gasteiger partial charge is 0.459 e. The Bertz CT molecular complexity index is 340. The lowest BCUT2D eigenvalue weighted by Gasteiger charge is -2.19. The fourth-order valence-corrected chi connectivity index (χ4v) is 1.01. The Kier molecular flexibility index (Phi) is 3.41. The normalized spacial score (nSPS) is 11.5. The SMILES string of the molecule is CC(C)(C)OC(=O)Cn1cnc(CN)n1. The van der Waals surface area contributed by atoms with Gasteiger partial charge in [0, 0.05) is 0 Å². The Labute approximate surface area is 88.4 Å². The number of nitrogens with two attached hydrogens (primary N) is 1. The summed E-state index contributed by atoms with van der Waals surface area (Å²) in [5, 5.41) is 3.98. The molecule has 84 valence electrons. The Morgan fingerprint density at radius 1 is 1.60 bits per heavy atom. The summed E-state index contributed by atoms with van der Waals surface area (Å²) in [6.07, 6.45) is 1.46. The van der Waals surface area contributed by atoms with Crippen molar-refractivity contribution in [3.05, 3.63) is 12.2 Å². The highest BCUT2D eigenvalue weighted by molar-refractivity contribution is 5.69. The van der Waals surface area contributed by atoms with Crippen LogP contribution >= 0.6 is 0 Å². The molecule has 0 radical (unpaired) electrons. The Morgan fingerprint density at radius 3 is 2.73 bits per heavy atom. The fourth-order valence-electron chi connectivity index (χ4n) is 1.01. The third kappa shape index (κ3) is 4.07. The summed E-state index contributed by atoms with van der Waals surface area (Å²) >= 11 is 0. The highest BCUT2D eigenvalue weighted by atomic mass is 16.6. The highest BCUT2D eigenvalue weighted by Gasteiger charge is 2.16. The van der Waals surface area contributed by atoms with Gasteiger partial charge in [-0.05, 0) is 20.8 Å². The molecule has 0 atom stereocenters. The van der Waals surface area contributed by atoms with Gasteiger partial charge in [0.1, 0.15) is 18.5 Å². The van der Waals surface area contributed by atoms with Gasteiger partial charge in [-0.25, -0.2) is 9.67 Å². The maximum atomic E-state index is 11.4. The maximum Gasteiger partial charge on any atom is 0.328 e. The van der Waals surface area contributed by atoms with Crippen molar-refractivity contribution in [2.45, 2.75) is 39.5 Å². The molecule has 0 spiro atoms. The third-order valence-electron chi connectivity index (χ3n) is 1.48. The van der Waals surface area contributed by atoms with Crippen molar-refractivity contribution in [1.82, 2.24) is 14.8 Å². The lowest BCUT2D eigenvalue weighted by atomic mass is 10.2. The van der Waals surface area contributed by atoms with Crippen LogP contribution in [0.15, 0.2) is 6.33 Å². The number of hydrogen-bond acceptors (Lipinski definition) is 5. The van der Waals surface area contributed by atoms with E-state index < -0.39 is 5.60 Å². The van der Waals surface area contributed by atoms with E-state index in [1.807, 2.05) is 20.8 Å². The Morgan fingerprint density at radius 2 is 2.27 bits per heavy atom. The zero-order valence-electron chi connectivity index (χ0n) is 9.23. The smallest absolute Gasteiger partial charge is 0.328 e. The molecule has 1 aromatic rings. The molecule has 0 fully saturated rings. The van der Waals surface area contributed by atoms with E-state index in [4.69, 9.17) is 10.5 Å². The minimum absolute atomic E-state index is 0.0598. The molecule has 0 bridgehead atoms. The lowest BCUT2D eigenvalue weighted by Crippen LogP contribution is -2.26. The maximum absolute atomic E-state index is 11.4. The molecule has 0 aliphatic carbocycles. The van der Waals surface area contributed by atoms with E-state index in [2.05, 4.69) is 10.1 Å². The average Bonchev–Trinajstić information content (AvgIpc) is 2.48. The number of rotatable bonds is 3. The van der Waals surface area contributed by atoms with Crippen LogP contribution in [0.1, 0.15) is 26.6 Å². The topological polar surface area (TPSA) is 83.0 Å². The predicted molar refractivity (Wildman–Crippen MR) is 53.8 cm³/mol. The first-order valence-electron chi connectivity index (χ1n) is 4.71. The van der Waals surface area contributed by atoms with Crippen molar-refractivity contribution in [2.24, 2.45) is 5.73 Å². The fraction of sp³-hybridized carbons (Fsp3) is 0.667. The van der Waals surface area contributed by atoms with Gasteiger partial charge in [0.05, 0.1) is 6.54 Å². The van der Waals surface area contributed by atoms with Crippen molar-refractivity contribution in [3.63, 3.8) is 0 Å². The van der Waals surface area contributed by atoms with Crippen LogP contribution in [-0.2, 0) is 22.6 Å². The first kappa shape index (κ1) is 11.6. The van der Waals surface area contributed by atoms with Crippen LogP contribution in [0.3, 0.4) is 0 Å². The van der Waals surface area contributed by atoms with Gasteiger partial charge >= 0.3 is 5.97 Å². The molecule has 0 saturated heterocycles. The van der Waals surface area contributed by atoms with Crippen molar-refractivity contribution in [1.29, 1.82) is 0 Å². The van der Waals surface area contributed by atoms with Gasteiger partial charge in [0.2, 0.25) is 0 Å². The number of esters is 1. The molecule has 15 heavy (non-hydrogen) atoms. The van der Waals surface area contributed by atoms with E-state index in [0.717, 1.165) is 0 Å². The van der Waals surface area contributed by atoms with Gasteiger partial charge in [-0.2, -0.15) is 5.10 Å². The van der Waals surface area contributed by atoms with Crippen LogP contribution in [0.4, 0.5) is 0 Å². The monoisotopic (exact) mass is 212 g/mol. The van der Waals surface area contributed by atoms with Crippen molar-refractivity contribution in [2.75, 3.05) is 0 Å². The Balaban J connectivity index is 2.51. The third-order valence-corrected chi connectivity index (χ3v) is 1.48. The van der Waals surface area contributed by atoms with Gasteiger partial charge in [0.15, 0.2) is 5.82 Å². The molecule has 0 aromatic carbocycles.